The van der Waals surface area contributed by atoms with Gasteiger partial charge in [0.05, 0.1) is 6.61 Å². The predicted octanol–water partition coefficient (Wildman–Crippen LogP) is -0.864. The standard InChI is InChI=1S/C8H14O6/c1-3-8(13,5(9)6(10)11)7(12)14-4-2/h5,9,13H,3-4H2,1-2H3,(H,10,11)/t5-,8+/m1/s1. The number of carbonyl (C=O) groups is 2. The predicted molar refractivity (Wildman–Crippen MR) is 45.5 cm³/mol. The molecule has 14 heavy (non-hydrogen) atoms. The molecule has 0 aromatic heterocycles. The van der Waals surface area contributed by atoms with Crippen molar-refractivity contribution in [3.63, 3.8) is 0 Å². The number of carboxylic acids is 1. The molecule has 0 amide bonds. The molecule has 0 aliphatic carbocycles. The number of hydrogen-bond acceptors (Lipinski definition) is 5. The topological polar surface area (TPSA) is 104 Å². The van der Waals surface area contributed by atoms with E-state index in [0.717, 1.165) is 0 Å². The Bertz CT molecular complexity index is 226. The number of hydrogen-bond donors (Lipinski definition) is 3. The lowest BCUT2D eigenvalue weighted by atomic mass is 9.94. The van der Waals surface area contributed by atoms with Gasteiger partial charge in [0.1, 0.15) is 0 Å². The summed E-state index contributed by atoms with van der Waals surface area (Å²) in [6.45, 7) is 2.90. The second kappa shape index (κ2) is 4.92. The molecular weight excluding hydrogens is 192 g/mol. The third kappa shape index (κ3) is 2.43. The van der Waals surface area contributed by atoms with Gasteiger partial charge in [-0.2, -0.15) is 0 Å². The number of ether oxygens (including phenoxy) is 1. The Morgan fingerprint density at radius 3 is 2.21 bits per heavy atom. The highest BCUT2D eigenvalue weighted by Gasteiger charge is 2.47. The molecule has 3 N–H and O–H groups in total. The van der Waals surface area contributed by atoms with Crippen LogP contribution in [0.1, 0.15) is 20.3 Å². The molecule has 0 aromatic carbocycles. The van der Waals surface area contributed by atoms with E-state index in [1.54, 1.807) is 0 Å². The first-order valence-electron chi connectivity index (χ1n) is 4.20. The number of rotatable bonds is 5. The summed E-state index contributed by atoms with van der Waals surface area (Å²) in [5.41, 5.74) is -2.37. The van der Waals surface area contributed by atoms with Crippen LogP contribution in [0.2, 0.25) is 0 Å². The van der Waals surface area contributed by atoms with Crippen molar-refractivity contribution in [2.75, 3.05) is 6.61 Å². The zero-order valence-corrected chi connectivity index (χ0v) is 8.06. The molecule has 0 rings (SSSR count). The lowest BCUT2D eigenvalue weighted by Gasteiger charge is -2.26. The van der Waals surface area contributed by atoms with Crippen molar-refractivity contribution >= 4 is 11.9 Å². The average Bonchev–Trinajstić information content (AvgIpc) is 2.15. The Morgan fingerprint density at radius 2 is 1.93 bits per heavy atom. The smallest absolute Gasteiger partial charge is 0.341 e. The lowest BCUT2D eigenvalue weighted by Crippen LogP contribution is -2.53. The lowest BCUT2D eigenvalue weighted by molar-refractivity contribution is -0.187. The summed E-state index contributed by atoms with van der Waals surface area (Å²) < 4.78 is 4.46. The highest BCUT2D eigenvalue weighted by molar-refractivity contribution is 5.88. The highest BCUT2D eigenvalue weighted by atomic mass is 16.6. The third-order valence-electron chi connectivity index (χ3n) is 1.85. The van der Waals surface area contributed by atoms with E-state index in [2.05, 4.69) is 4.74 Å². The molecule has 0 aromatic rings. The van der Waals surface area contributed by atoms with Gasteiger partial charge in [-0.15, -0.1) is 0 Å². The van der Waals surface area contributed by atoms with E-state index in [1.807, 2.05) is 0 Å². The quantitative estimate of drug-likeness (QED) is 0.505. The second-order valence-electron chi connectivity index (χ2n) is 2.74. The summed E-state index contributed by atoms with van der Waals surface area (Å²) >= 11 is 0. The van der Waals surface area contributed by atoms with Crippen molar-refractivity contribution in [1.82, 2.24) is 0 Å². The monoisotopic (exact) mass is 206 g/mol. The van der Waals surface area contributed by atoms with Crippen LogP contribution < -0.4 is 0 Å². The van der Waals surface area contributed by atoms with Gasteiger partial charge >= 0.3 is 11.9 Å². The van der Waals surface area contributed by atoms with Crippen LogP contribution in [0.25, 0.3) is 0 Å². The van der Waals surface area contributed by atoms with Crippen LogP contribution in [0.5, 0.6) is 0 Å². The molecule has 0 saturated carbocycles. The molecule has 0 bridgehead atoms. The van der Waals surface area contributed by atoms with Crippen LogP contribution in [-0.4, -0.2) is 45.6 Å². The maximum Gasteiger partial charge on any atom is 0.341 e. The summed E-state index contributed by atoms with van der Waals surface area (Å²) in [4.78, 5) is 21.5. The molecule has 0 aliphatic rings. The van der Waals surface area contributed by atoms with Crippen LogP contribution in [-0.2, 0) is 14.3 Å². The minimum atomic E-state index is -2.37. The number of aliphatic hydroxyl groups is 2. The van der Waals surface area contributed by atoms with E-state index in [1.165, 1.54) is 13.8 Å². The maximum atomic E-state index is 11.1. The fraction of sp³-hybridized carbons (Fsp3) is 0.750. The van der Waals surface area contributed by atoms with Crippen LogP contribution in [0.15, 0.2) is 0 Å². The van der Waals surface area contributed by atoms with E-state index in [-0.39, 0.29) is 13.0 Å². The van der Waals surface area contributed by atoms with E-state index in [4.69, 9.17) is 10.2 Å². The van der Waals surface area contributed by atoms with Gasteiger partial charge in [-0.25, -0.2) is 9.59 Å². The number of carboxylic acid groups (broad SMARTS) is 1. The molecule has 0 spiro atoms. The van der Waals surface area contributed by atoms with Crippen molar-refractivity contribution in [3.05, 3.63) is 0 Å². The molecule has 6 nitrogen and oxygen atoms in total. The third-order valence-corrected chi connectivity index (χ3v) is 1.85. The highest BCUT2D eigenvalue weighted by Crippen LogP contribution is 2.17. The van der Waals surface area contributed by atoms with Gasteiger partial charge in [0.2, 0.25) is 0 Å². The SMILES string of the molecule is CCOC(=O)[C@](O)(CC)[C@H](O)C(=O)O. The summed E-state index contributed by atoms with van der Waals surface area (Å²) in [5.74, 6) is -2.79. The summed E-state index contributed by atoms with van der Waals surface area (Å²) in [7, 11) is 0. The van der Waals surface area contributed by atoms with E-state index in [9.17, 15) is 14.7 Å². The Morgan fingerprint density at radius 1 is 1.43 bits per heavy atom. The Labute approximate surface area is 81.1 Å². The van der Waals surface area contributed by atoms with Gasteiger partial charge in [-0.1, -0.05) is 6.92 Å². The molecular formula is C8H14O6. The zero-order valence-electron chi connectivity index (χ0n) is 8.06. The minimum absolute atomic E-state index is 0.00742. The molecule has 0 aliphatic heterocycles. The fourth-order valence-electron chi connectivity index (χ4n) is 0.910. The summed E-state index contributed by atoms with van der Waals surface area (Å²) in [6.07, 6.45) is -2.41. The second-order valence-corrected chi connectivity index (χ2v) is 2.74. The summed E-state index contributed by atoms with van der Waals surface area (Å²) in [6, 6.07) is 0. The van der Waals surface area contributed by atoms with E-state index in [0.29, 0.717) is 0 Å². The van der Waals surface area contributed by atoms with Crippen LogP contribution in [0, 0.1) is 0 Å². The molecule has 82 valence electrons. The van der Waals surface area contributed by atoms with Crippen LogP contribution in [0.4, 0.5) is 0 Å². The largest absolute Gasteiger partial charge is 0.479 e. The van der Waals surface area contributed by atoms with Crippen LogP contribution in [0.3, 0.4) is 0 Å². The number of carbonyl (C=O) groups excluding carboxylic acids is 1. The first-order valence-corrected chi connectivity index (χ1v) is 4.20. The van der Waals surface area contributed by atoms with Crippen molar-refractivity contribution in [3.8, 4) is 0 Å². The zero-order chi connectivity index (χ0) is 11.4. The number of esters is 1. The van der Waals surface area contributed by atoms with E-state index < -0.39 is 23.6 Å². The van der Waals surface area contributed by atoms with Crippen LogP contribution >= 0.6 is 0 Å². The Kier molecular flexibility index (Phi) is 4.52. The average molecular weight is 206 g/mol. The van der Waals surface area contributed by atoms with E-state index >= 15 is 0 Å². The van der Waals surface area contributed by atoms with Gasteiger partial charge in [0.25, 0.3) is 0 Å². The van der Waals surface area contributed by atoms with Gasteiger partial charge < -0.3 is 20.1 Å². The first-order chi connectivity index (χ1) is 6.40. The van der Waals surface area contributed by atoms with Gasteiger partial charge in [-0.05, 0) is 13.3 Å². The maximum absolute atomic E-state index is 11.1. The van der Waals surface area contributed by atoms with Crippen molar-refractivity contribution in [1.29, 1.82) is 0 Å². The Balaban J connectivity index is 4.78. The molecule has 0 unspecified atom stereocenters. The van der Waals surface area contributed by atoms with Crippen molar-refractivity contribution in [2.45, 2.75) is 32.0 Å². The molecule has 0 radical (unpaired) electrons. The molecule has 6 heteroatoms. The summed E-state index contributed by atoms with van der Waals surface area (Å²) in [5, 5.41) is 27.1. The van der Waals surface area contributed by atoms with Gasteiger partial charge in [-0.3, -0.25) is 0 Å². The fourth-order valence-corrected chi connectivity index (χ4v) is 0.910. The first kappa shape index (κ1) is 12.9. The van der Waals surface area contributed by atoms with Gasteiger partial charge in [0.15, 0.2) is 11.7 Å². The normalized spacial score (nSPS) is 16.9. The number of aliphatic carboxylic acids is 1. The minimum Gasteiger partial charge on any atom is -0.479 e. The number of aliphatic hydroxyl groups excluding tert-OH is 1. The molecule has 0 saturated heterocycles. The molecule has 0 heterocycles. The molecule has 2 atom stereocenters. The van der Waals surface area contributed by atoms with Crippen molar-refractivity contribution < 1.29 is 29.6 Å². The van der Waals surface area contributed by atoms with Crippen molar-refractivity contribution in [2.24, 2.45) is 0 Å². The Hall–Kier alpha value is -1.14. The van der Waals surface area contributed by atoms with Gasteiger partial charge in [0, 0.05) is 0 Å². The molecule has 0 fully saturated rings.